The van der Waals surface area contributed by atoms with Crippen molar-refractivity contribution < 1.29 is 14.2 Å². The van der Waals surface area contributed by atoms with E-state index in [1.54, 1.807) is 20.3 Å². The maximum Gasteiger partial charge on any atom is 0.161 e. The van der Waals surface area contributed by atoms with Crippen molar-refractivity contribution in [1.29, 1.82) is 0 Å². The predicted molar refractivity (Wildman–Crippen MR) is 101 cm³/mol. The van der Waals surface area contributed by atoms with Gasteiger partial charge in [0.1, 0.15) is 5.75 Å². The van der Waals surface area contributed by atoms with Gasteiger partial charge in [-0.2, -0.15) is 5.10 Å². The molecule has 0 spiro atoms. The van der Waals surface area contributed by atoms with Crippen molar-refractivity contribution in [3.8, 4) is 17.2 Å². The van der Waals surface area contributed by atoms with Gasteiger partial charge in [-0.15, -0.1) is 0 Å². The van der Waals surface area contributed by atoms with Crippen molar-refractivity contribution in [2.75, 3.05) is 20.8 Å². The maximum atomic E-state index is 6.10. The van der Waals surface area contributed by atoms with Gasteiger partial charge < -0.3 is 19.6 Å². The Balaban J connectivity index is 2.11. The standard InChI is InChI=1S/C19H23ClN2O3/c1-5-25-17-9-7-15(20)11-16(17)13(2)22-21-12-14-6-8-18(23-3)19(10-14)24-4/h6-11,21H,5,12H2,1-4H3/b22-13-. The minimum Gasteiger partial charge on any atom is -0.493 e. The van der Waals surface area contributed by atoms with Crippen LogP contribution in [-0.2, 0) is 6.54 Å². The van der Waals surface area contributed by atoms with Gasteiger partial charge >= 0.3 is 0 Å². The fraction of sp³-hybridized carbons (Fsp3) is 0.316. The van der Waals surface area contributed by atoms with E-state index in [1.807, 2.05) is 44.2 Å². The SMILES string of the molecule is CCOc1ccc(Cl)cc1/C(C)=N\NCc1ccc(OC)c(OC)c1. The summed E-state index contributed by atoms with van der Waals surface area (Å²) in [4.78, 5) is 0. The Kier molecular flexibility index (Phi) is 6.95. The average Bonchev–Trinajstić information content (AvgIpc) is 2.63. The summed E-state index contributed by atoms with van der Waals surface area (Å²) in [5.41, 5.74) is 5.77. The zero-order valence-corrected chi connectivity index (χ0v) is 15.7. The summed E-state index contributed by atoms with van der Waals surface area (Å²) < 4.78 is 16.2. The molecule has 0 aliphatic carbocycles. The fourth-order valence-electron chi connectivity index (χ4n) is 2.37. The quantitative estimate of drug-likeness (QED) is 0.562. The molecule has 0 saturated heterocycles. The number of rotatable bonds is 8. The molecule has 0 aromatic heterocycles. The molecule has 0 atom stereocenters. The summed E-state index contributed by atoms with van der Waals surface area (Å²) >= 11 is 6.10. The topological polar surface area (TPSA) is 52.1 Å². The third kappa shape index (κ3) is 5.03. The molecular weight excluding hydrogens is 340 g/mol. The Morgan fingerprint density at radius 3 is 2.44 bits per heavy atom. The van der Waals surface area contributed by atoms with Gasteiger partial charge in [0.2, 0.25) is 0 Å². The smallest absolute Gasteiger partial charge is 0.161 e. The van der Waals surface area contributed by atoms with Gasteiger partial charge in [0.25, 0.3) is 0 Å². The third-order valence-corrected chi connectivity index (χ3v) is 3.84. The minimum atomic E-state index is 0.558. The van der Waals surface area contributed by atoms with Gasteiger partial charge in [0.05, 0.1) is 33.1 Å². The first-order valence-corrected chi connectivity index (χ1v) is 8.37. The molecule has 134 valence electrons. The number of nitrogens with one attached hydrogen (secondary N) is 1. The predicted octanol–water partition coefficient (Wildman–Crippen LogP) is 4.27. The summed E-state index contributed by atoms with van der Waals surface area (Å²) in [7, 11) is 3.23. The molecule has 0 aliphatic rings. The Labute approximate surface area is 153 Å². The molecule has 5 nitrogen and oxygen atoms in total. The van der Waals surface area contributed by atoms with Gasteiger partial charge in [0, 0.05) is 10.6 Å². The van der Waals surface area contributed by atoms with Crippen molar-refractivity contribution in [3.05, 3.63) is 52.5 Å². The fourth-order valence-corrected chi connectivity index (χ4v) is 2.54. The van der Waals surface area contributed by atoms with E-state index >= 15 is 0 Å². The highest BCUT2D eigenvalue weighted by Gasteiger charge is 2.08. The molecule has 25 heavy (non-hydrogen) atoms. The minimum absolute atomic E-state index is 0.558. The number of methoxy groups -OCH3 is 2. The Morgan fingerprint density at radius 1 is 1.04 bits per heavy atom. The van der Waals surface area contributed by atoms with Crippen molar-refractivity contribution in [2.45, 2.75) is 20.4 Å². The highest BCUT2D eigenvalue weighted by molar-refractivity contribution is 6.31. The zero-order valence-electron chi connectivity index (χ0n) is 14.9. The Hall–Kier alpha value is -2.40. The summed E-state index contributed by atoms with van der Waals surface area (Å²) in [6.45, 7) is 5.00. The van der Waals surface area contributed by atoms with E-state index in [2.05, 4.69) is 10.5 Å². The second-order valence-corrected chi connectivity index (χ2v) is 5.73. The summed E-state index contributed by atoms with van der Waals surface area (Å²) in [5, 5.41) is 5.07. The average molecular weight is 363 g/mol. The van der Waals surface area contributed by atoms with Crippen LogP contribution in [0.1, 0.15) is 25.0 Å². The zero-order chi connectivity index (χ0) is 18.2. The largest absolute Gasteiger partial charge is 0.493 e. The number of halogens is 1. The number of hydrazone groups is 1. The monoisotopic (exact) mass is 362 g/mol. The molecule has 0 unspecified atom stereocenters. The Morgan fingerprint density at radius 2 is 1.76 bits per heavy atom. The van der Waals surface area contributed by atoms with Crippen LogP contribution in [-0.4, -0.2) is 26.5 Å². The first-order valence-electron chi connectivity index (χ1n) is 7.99. The van der Waals surface area contributed by atoms with Crippen LogP contribution in [0, 0.1) is 0 Å². The van der Waals surface area contributed by atoms with Crippen LogP contribution in [0.25, 0.3) is 0 Å². The second kappa shape index (κ2) is 9.18. The van der Waals surface area contributed by atoms with Crippen LogP contribution < -0.4 is 19.6 Å². The molecule has 0 saturated carbocycles. The summed E-state index contributed by atoms with van der Waals surface area (Å²) in [6.07, 6.45) is 0. The molecular formula is C19H23ClN2O3. The molecule has 0 heterocycles. The number of ether oxygens (including phenoxy) is 3. The van der Waals surface area contributed by atoms with Crippen LogP contribution in [0.3, 0.4) is 0 Å². The lowest BCUT2D eigenvalue weighted by molar-refractivity contribution is 0.339. The molecule has 0 amide bonds. The lowest BCUT2D eigenvalue weighted by atomic mass is 10.1. The molecule has 2 aromatic carbocycles. The van der Waals surface area contributed by atoms with Gasteiger partial charge in [-0.05, 0) is 49.7 Å². The van der Waals surface area contributed by atoms with Crippen molar-refractivity contribution in [3.63, 3.8) is 0 Å². The van der Waals surface area contributed by atoms with Crippen molar-refractivity contribution in [1.82, 2.24) is 5.43 Å². The molecule has 0 radical (unpaired) electrons. The van der Waals surface area contributed by atoms with Crippen LogP contribution in [0.4, 0.5) is 0 Å². The summed E-state index contributed by atoms with van der Waals surface area (Å²) in [6, 6.07) is 11.3. The second-order valence-electron chi connectivity index (χ2n) is 5.29. The van der Waals surface area contributed by atoms with E-state index in [1.165, 1.54) is 0 Å². The van der Waals surface area contributed by atoms with Gasteiger partial charge in [-0.3, -0.25) is 0 Å². The van der Waals surface area contributed by atoms with Gasteiger partial charge in [-0.25, -0.2) is 0 Å². The normalized spacial score (nSPS) is 11.2. The number of hydrogen-bond acceptors (Lipinski definition) is 5. The van der Waals surface area contributed by atoms with E-state index in [0.717, 1.165) is 22.6 Å². The van der Waals surface area contributed by atoms with Gasteiger partial charge in [-0.1, -0.05) is 17.7 Å². The van der Waals surface area contributed by atoms with E-state index in [9.17, 15) is 0 Å². The van der Waals surface area contributed by atoms with Crippen molar-refractivity contribution in [2.24, 2.45) is 5.10 Å². The van der Waals surface area contributed by atoms with E-state index in [-0.39, 0.29) is 0 Å². The highest BCUT2D eigenvalue weighted by Crippen LogP contribution is 2.27. The van der Waals surface area contributed by atoms with E-state index in [0.29, 0.717) is 29.7 Å². The first-order chi connectivity index (χ1) is 12.1. The van der Waals surface area contributed by atoms with Crippen LogP contribution in [0.15, 0.2) is 41.5 Å². The molecule has 2 aromatic rings. The number of nitrogens with zero attached hydrogens (tertiary/aromatic N) is 1. The molecule has 0 aliphatic heterocycles. The van der Waals surface area contributed by atoms with Crippen LogP contribution >= 0.6 is 11.6 Å². The molecule has 0 bridgehead atoms. The number of hydrogen-bond donors (Lipinski definition) is 1. The lowest BCUT2D eigenvalue weighted by Crippen LogP contribution is -2.10. The molecule has 6 heteroatoms. The molecule has 1 N–H and O–H groups in total. The highest BCUT2D eigenvalue weighted by atomic mass is 35.5. The molecule has 0 fully saturated rings. The lowest BCUT2D eigenvalue weighted by Gasteiger charge is -2.11. The van der Waals surface area contributed by atoms with Crippen molar-refractivity contribution >= 4 is 17.3 Å². The van der Waals surface area contributed by atoms with Crippen LogP contribution in [0.2, 0.25) is 5.02 Å². The third-order valence-electron chi connectivity index (χ3n) is 3.61. The van der Waals surface area contributed by atoms with Crippen LogP contribution in [0.5, 0.6) is 17.2 Å². The van der Waals surface area contributed by atoms with Gasteiger partial charge in [0.15, 0.2) is 11.5 Å². The summed E-state index contributed by atoms with van der Waals surface area (Å²) in [5.74, 6) is 2.16. The Bertz CT molecular complexity index is 747. The first kappa shape index (κ1) is 18.9. The van der Waals surface area contributed by atoms with E-state index < -0.39 is 0 Å². The molecule has 2 rings (SSSR count). The van der Waals surface area contributed by atoms with E-state index in [4.69, 9.17) is 25.8 Å². The number of benzene rings is 2. The maximum absolute atomic E-state index is 6.10.